The van der Waals surface area contributed by atoms with E-state index in [1.807, 2.05) is 0 Å². The Kier molecular flexibility index (Phi) is 4.89. The number of morpholine rings is 1. The van der Waals surface area contributed by atoms with E-state index in [2.05, 4.69) is 24.1 Å². The van der Waals surface area contributed by atoms with Crippen molar-refractivity contribution in [3.63, 3.8) is 0 Å². The summed E-state index contributed by atoms with van der Waals surface area (Å²) < 4.78 is 5.99. The molecule has 0 radical (unpaired) electrons. The number of hydrogen-bond donors (Lipinski definition) is 2. The zero-order valence-electron chi connectivity index (χ0n) is 13.7. The van der Waals surface area contributed by atoms with Crippen molar-refractivity contribution in [3.05, 3.63) is 0 Å². The molecule has 21 heavy (non-hydrogen) atoms. The predicted octanol–water partition coefficient (Wildman–Crippen LogP) is 1.77. The van der Waals surface area contributed by atoms with Crippen LogP contribution < -0.4 is 5.32 Å². The number of rotatable bonds is 6. The standard InChI is InChI=1S/C17H32N2O2/c1-13(2)18-17(12-20,14-7-8-14)11-19-9-10-21-16-6-4-3-5-15(16)19/h13-16,18,20H,3-12H2,1-2H3. The summed E-state index contributed by atoms with van der Waals surface area (Å²) >= 11 is 0. The second-order valence-corrected chi connectivity index (χ2v) is 7.62. The highest BCUT2D eigenvalue weighted by Crippen LogP contribution is 2.41. The number of fused-ring (bicyclic) bond motifs is 1. The Morgan fingerprint density at radius 3 is 2.67 bits per heavy atom. The Labute approximate surface area is 129 Å². The Hall–Kier alpha value is -0.160. The maximum absolute atomic E-state index is 10.1. The molecule has 0 aromatic carbocycles. The van der Waals surface area contributed by atoms with Gasteiger partial charge in [-0.3, -0.25) is 4.90 Å². The average Bonchev–Trinajstić information content (AvgIpc) is 3.31. The van der Waals surface area contributed by atoms with E-state index < -0.39 is 0 Å². The van der Waals surface area contributed by atoms with Gasteiger partial charge in [-0.15, -0.1) is 0 Å². The Bertz CT molecular complexity index is 344. The normalized spacial score (nSPS) is 33.7. The minimum Gasteiger partial charge on any atom is -0.394 e. The van der Waals surface area contributed by atoms with Gasteiger partial charge in [0, 0.05) is 25.2 Å². The molecule has 3 rings (SSSR count). The average molecular weight is 296 g/mol. The number of hydrogen-bond acceptors (Lipinski definition) is 4. The molecule has 0 amide bonds. The van der Waals surface area contributed by atoms with Gasteiger partial charge in [0.25, 0.3) is 0 Å². The highest BCUT2D eigenvalue weighted by molar-refractivity contribution is 5.05. The third-order valence-corrected chi connectivity index (χ3v) is 5.55. The van der Waals surface area contributed by atoms with Crippen molar-refractivity contribution < 1.29 is 9.84 Å². The van der Waals surface area contributed by atoms with Crippen LogP contribution in [0.4, 0.5) is 0 Å². The zero-order chi connectivity index (χ0) is 14.9. The number of nitrogens with one attached hydrogen (secondary N) is 1. The number of aliphatic hydroxyl groups is 1. The van der Waals surface area contributed by atoms with E-state index in [0.29, 0.717) is 24.1 Å². The first-order chi connectivity index (χ1) is 10.1. The van der Waals surface area contributed by atoms with Crippen molar-refractivity contribution in [2.24, 2.45) is 5.92 Å². The van der Waals surface area contributed by atoms with E-state index in [4.69, 9.17) is 4.74 Å². The number of ether oxygens (including phenoxy) is 1. The molecule has 4 nitrogen and oxygen atoms in total. The number of nitrogens with zero attached hydrogens (tertiary/aromatic N) is 1. The van der Waals surface area contributed by atoms with Crippen molar-refractivity contribution in [2.75, 3.05) is 26.3 Å². The first-order valence-electron chi connectivity index (χ1n) is 8.89. The third-order valence-electron chi connectivity index (χ3n) is 5.55. The summed E-state index contributed by atoms with van der Waals surface area (Å²) in [5.74, 6) is 0.648. The molecule has 2 N–H and O–H groups in total. The zero-order valence-corrected chi connectivity index (χ0v) is 13.7. The second-order valence-electron chi connectivity index (χ2n) is 7.62. The van der Waals surface area contributed by atoms with Crippen LogP contribution >= 0.6 is 0 Å². The summed E-state index contributed by atoms with van der Waals surface area (Å²) in [6, 6.07) is 0.993. The smallest absolute Gasteiger partial charge is 0.0730 e. The molecular weight excluding hydrogens is 264 g/mol. The molecule has 2 aliphatic carbocycles. The fourth-order valence-corrected chi connectivity index (χ4v) is 4.46. The monoisotopic (exact) mass is 296 g/mol. The van der Waals surface area contributed by atoms with Gasteiger partial charge >= 0.3 is 0 Å². The van der Waals surface area contributed by atoms with Crippen LogP contribution in [0.25, 0.3) is 0 Å². The highest BCUT2D eigenvalue weighted by Gasteiger charge is 2.48. The van der Waals surface area contributed by atoms with Gasteiger partial charge in [-0.2, -0.15) is 0 Å². The molecule has 3 aliphatic rings. The SMILES string of the molecule is CC(C)NC(CO)(CN1CCOC2CCCCC21)C1CC1. The molecule has 122 valence electrons. The lowest BCUT2D eigenvalue weighted by atomic mass is 9.86. The van der Waals surface area contributed by atoms with Crippen molar-refractivity contribution in [3.8, 4) is 0 Å². The lowest BCUT2D eigenvalue weighted by Gasteiger charge is -2.48. The van der Waals surface area contributed by atoms with Crippen LogP contribution in [0.1, 0.15) is 52.4 Å². The first-order valence-corrected chi connectivity index (χ1v) is 8.89. The number of aliphatic hydroxyl groups excluding tert-OH is 1. The van der Waals surface area contributed by atoms with E-state index in [0.717, 1.165) is 19.7 Å². The fourth-order valence-electron chi connectivity index (χ4n) is 4.46. The quantitative estimate of drug-likeness (QED) is 0.784. The van der Waals surface area contributed by atoms with Gasteiger partial charge in [-0.25, -0.2) is 0 Å². The van der Waals surface area contributed by atoms with Gasteiger partial charge in [0.05, 0.1) is 24.9 Å². The van der Waals surface area contributed by atoms with Crippen LogP contribution in [-0.4, -0.2) is 60.0 Å². The first kappa shape index (κ1) is 15.7. The summed E-state index contributed by atoms with van der Waals surface area (Å²) in [5, 5.41) is 13.9. The summed E-state index contributed by atoms with van der Waals surface area (Å²) in [5.41, 5.74) is -0.104. The molecule has 1 heterocycles. The van der Waals surface area contributed by atoms with Crippen molar-refractivity contribution in [1.29, 1.82) is 0 Å². The highest BCUT2D eigenvalue weighted by atomic mass is 16.5. The molecule has 1 saturated heterocycles. The molecule has 3 fully saturated rings. The fraction of sp³-hybridized carbons (Fsp3) is 1.00. The molecule has 1 aliphatic heterocycles. The molecule has 4 heteroatoms. The van der Waals surface area contributed by atoms with E-state index >= 15 is 0 Å². The second kappa shape index (κ2) is 6.53. The minimum atomic E-state index is -0.104. The molecule has 3 atom stereocenters. The minimum absolute atomic E-state index is 0.104. The van der Waals surface area contributed by atoms with Gasteiger partial charge in [0.15, 0.2) is 0 Å². The maximum Gasteiger partial charge on any atom is 0.0730 e. The summed E-state index contributed by atoms with van der Waals surface area (Å²) in [6.45, 7) is 7.50. The van der Waals surface area contributed by atoms with E-state index in [-0.39, 0.29) is 12.1 Å². The Morgan fingerprint density at radius 1 is 1.24 bits per heavy atom. The van der Waals surface area contributed by atoms with Gasteiger partial charge in [0.2, 0.25) is 0 Å². The predicted molar refractivity (Wildman–Crippen MR) is 84.4 cm³/mol. The van der Waals surface area contributed by atoms with Gasteiger partial charge in [-0.1, -0.05) is 26.7 Å². The van der Waals surface area contributed by atoms with Crippen LogP contribution in [0.3, 0.4) is 0 Å². The molecule has 0 aromatic rings. The largest absolute Gasteiger partial charge is 0.394 e. The van der Waals surface area contributed by atoms with Crippen molar-refractivity contribution in [1.82, 2.24) is 10.2 Å². The van der Waals surface area contributed by atoms with Crippen molar-refractivity contribution in [2.45, 2.75) is 76.1 Å². The lowest BCUT2D eigenvalue weighted by molar-refractivity contribution is -0.0994. The van der Waals surface area contributed by atoms with Crippen LogP contribution in [0.5, 0.6) is 0 Å². The Balaban J connectivity index is 1.71. The summed E-state index contributed by atoms with van der Waals surface area (Å²) in [6.07, 6.45) is 8.08. The van der Waals surface area contributed by atoms with E-state index in [1.54, 1.807) is 0 Å². The molecule has 0 bridgehead atoms. The van der Waals surface area contributed by atoms with Gasteiger partial charge in [-0.05, 0) is 31.6 Å². The summed E-state index contributed by atoms with van der Waals surface area (Å²) in [7, 11) is 0. The van der Waals surface area contributed by atoms with Gasteiger partial charge < -0.3 is 15.2 Å². The molecule has 0 spiro atoms. The van der Waals surface area contributed by atoms with Crippen LogP contribution in [-0.2, 0) is 4.74 Å². The maximum atomic E-state index is 10.1. The van der Waals surface area contributed by atoms with E-state index in [1.165, 1.54) is 38.5 Å². The van der Waals surface area contributed by atoms with E-state index in [9.17, 15) is 5.11 Å². The molecular formula is C17H32N2O2. The topological polar surface area (TPSA) is 44.7 Å². The third kappa shape index (κ3) is 3.44. The van der Waals surface area contributed by atoms with Crippen LogP contribution in [0.2, 0.25) is 0 Å². The lowest BCUT2D eigenvalue weighted by Crippen LogP contribution is -2.64. The molecule has 2 saturated carbocycles. The van der Waals surface area contributed by atoms with Gasteiger partial charge in [0.1, 0.15) is 0 Å². The molecule has 3 unspecified atom stereocenters. The van der Waals surface area contributed by atoms with Crippen LogP contribution in [0.15, 0.2) is 0 Å². The summed E-state index contributed by atoms with van der Waals surface area (Å²) in [4.78, 5) is 2.62. The van der Waals surface area contributed by atoms with Crippen molar-refractivity contribution >= 4 is 0 Å². The molecule has 0 aromatic heterocycles. The van der Waals surface area contributed by atoms with Crippen LogP contribution in [0, 0.1) is 5.92 Å². The Morgan fingerprint density at radius 2 is 2.00 bits per heavy atom.